The van der Waals surface area contributed by atoms with Crippen LogP contribution >= 0.6 is 0 Å². The third kappa shape index (κ3) is 4.35. The zero-order valence-electron chi connectivity index (χ0n) is 15.1. The van der Waals surface area contributed by atoms with Gasteiger partial charge in [-0.1, -0.05) is 0 Å². The highest BCUT2D eigenvalue weighted by Crippen LogP contribution is 2.31. The van der Waals surface area contributed by atoms with Crippen molar-refractivity contribution < 1.29 is 23.0 Å². The molecule has 3 rings (SSSR count). The normalized spacial score (nSPS) is 10.3. The van der Waals surface area contributed by atoms with Crippen LogP contribution in [0.25, 0.3) is 0 Å². The van der Waals surface area contributed by atoms with E-state index in [2.05, 4.69) is 15.6 Å². The van der Waals surface area contributed by atoms with Crippen molar-refractivity contribution >= 4 is 23.1 Å². The highest BCUT2D eigenvalue weighted by atomic mass is 19.1. The van der Waals surface area contributed by atoms with Crippen LogP contribution < -0.4 is 20.1 Å². The zero-order chi connectivity index (χ0) is 20.1. The SMILES string of the molecule is COc1ccc(Nc2ccc(C(=O)Nc3ccc(F)cc3F)cn2)c(OC)c1. The van der Waals surface area contributed by atoms with Crippen molar-refractivity contribution in [2.75, 3.05) is 24.9 Å². The van der Waals surface area contributed by atoms with Crippen molar-refractivity contribution in [1.29, 1.82) is 0 Å². The van der Waals surface area contributed by atoms with Gasteiger partial charge < -0.3 is 20.1 Å². The topological polar surface area (TPSA) is 72.5 Å². The highest BCUT2D eigenvalue weighted by Gasteiger charge is 2.11. The summed E-state index contributed by atoms with van der Waals surface area (Å²) >= 11 is 0. The van der Waals surface area contributed by atoms with Crippen molar-refractivity contribution in [3.8, 4) is 11.5 Å². The van der Waals surface area contributed by atoms with E-state index in [0.29, 0.717) is 29.1 Å². The minimum absolute atomic E-state index is 0.114. The van der Waals surface area contributed by atoms with E-state index in [1.165, 1.54) is 19.4 Å². The number of hydrogen-bond donors (Lipinski definition) is 2. The van der Waals surface area contributed by atoms with Gasteiger partial charge in [0.25, 0.3) is 5.91 Å². The second kappa shape index (κ2) is 8.34. The summed E-state index contributed by atoms with van der Waals surface area (Å²) in [7, 11) is 3.10. The van der Waals surface area contributed by atoms with E-state index in [-0.39, 0.29) is 11.3 Å². The highest BCUT2D eigenvalue weighted by molar-refractivity contribution is 6.04. The molecule has 1 aromatic heterocycles. The minimum Gasteiger partial charge on any atom is -0.497 e. The summed E-state index contributed by atoms with van der Waals surface area (Å²) in [5.41, 5.74) is 0.772. The first kappa shape index (κ1) is 19.1. The van der Waals surface area contributed by atoms with E-state index < -0.39 is 17.5 Å². The maximum atomic E-state index is 13.7. The zero-order valence-corrected chi connectivity index (χ0v) is 15.1. The Kier molecular flexibility index (Phi) is 5.69. The Bertz CT molecular complexity index is 994. The number of amides is 1. The molecule has 0 saturated heterocycles. The molecular formula is C20H17F2N3O3. The summed E-state index contributed by atoms with van der Waals surface area (Å²) < 4.78 is 37.1. The number of carbonyl (C=O) groups excluding carboxylic acids is 1. The smallest absolute Gasteiger partial charge is 0.257 e. The van der Waals surface area contributed by atoms with E-state index in [9.17, 15) is 13.6 Å². The molecule has 2 aromatic carbocycles. The fourth-order valence-corrected chi connectivity index (χ4v) is 2.43. The van der Waals surface area contributed by atoms with Gasteiger partial charge >= 0.3 is 0 Å². The molecule has 144 valence electrons. The maximum Gasteiger partial charge on any atom is 0.257 e. The Hall–Kier alpha value is -3.68. The first-order chi connectivity index (χ1) is 13.5. The molecule has 0 atom stereocenters. The maximum absolute atomic E-state index is 13.7. The van der Waals surface area contributed by atoms with Crippen molar-refractivity contribution in [3.63, 3.8) is 0 Å². The van der Waals surface area contributed by atoms with E-state index in [1.807, 2.05) is 0 Å². The van der Waals surface area contributed by atoms with Gasteiger partial charge in [0.1, 0.15) is 29.0 Å². The molecule has 0 radical (unpaired) electrons. The number of hydrogen-bond acceptors (Lipinski definition) is 5. The Morgan fingerprint density at radius 2 is 1.75 bits per heavy atom. The van der Waals surface area contributed by atoms with E-state index in [0.717, 1.165) is 12.1 Å². The molecule has 1 heterocycles. The van der Waals surface area contributed by atoms with Crippen LogP contribution in [0, 0.1) is 11.6 Å². The third-order valence-corrected chi connectivity index (χ3v) is 3.88. The van der Waals surface area contributed by atoms with Gasteiger partial charge in [-0.2, -0.15) is 0 Å². The Morgan fingerprint density at radius 3 is 2.39 bits per heavy atom. The molecule has 0 bridgehead atoms. The Balaban J connectivity index is 1.72. The molecule has 0 unspecified atom stereocenters. The molecule has 28 heavy (non-hydrogen) atoms. The number of aromatic nitrogens is 1. The predicted molar refractivity (Wildman–Crippen MR) is 101 cm³/mol. The molecule has 8 heteroatoms. The van der Waals surface area contributed by atoms with Crippen LogP contribution in [0.3, 0.4) is 0 Å². The first-order valence-corrected chi connectivity index (χ1v) is 8.21. The van der Waals surface area contributed by atoms with E-state index in [4.69, 9.17) is 9.47 Å². The lowest BCUT2D eigenvalue weighted by Crippen LogP contribution is -2.13. The molecule has 0 aliphatic rings. The van der Waals surface area contributed by atoms with Crippen LogP contribution in [-0.4, -0.2) is 25.1 Å². The van der Waals surface area contributed by atoms with Crippen LogP contribution in [0.4, 0.5) is 26.0 Å². The lowest BCUT2D eigenvalue weighted by molar-refractivity contribution is 0.102. The quantitative estimate of drug-likeness (QED) is 0.659. The fraction of sp³-hybridized carbons (Fsp3) is 0.100. The third-order valence-electron chi connectivity index (χ3n) is 3.88. The molecule has 3 aromatic rings. The standard InChI is InChI=1S/C20H17F2N3O3/c1-27-14-5-7-17(18(10-14)28-2)24-19-8-3-12(11-23-19)20(26)25-16-6-4-13(21)9-15(16)22/h3-11H,1-2H3,(H,23,24)(H,25,26). The molecule has 0 aliphatic heterocycles. The molecule has 2 N–H and O–H groups in total. The predicted octanol–water partition coefficient (Wildman–Crippen LogP) is 4.37. The summed E-state index contributed by atoms with van der Waals surface area (Å²) in [5.74, 6) is -0.447. The van der Waals surface area contributed by atoms with Crippen molar-refractivity contribution in [1.82, 2.24) is 4.98 Å². The van der Waals surface area contributed by atoms with Crippen LogP contribution in [0.2, 0.25) is 0 Å². The molecule has 1 amide bonds. The number of nitrogens with zero attached hydrogens (tertiary/aromatic N) is 1. The van der Waals surface area contributed by atoms with Crippen molar-refractivity contribution in [3.05, 3.63) is 71.9 Å². The molecule has 0 saturated carbocycles. The number of rotatable bonds is 6. The largest absolute Gasteiger partial charge is 0.497 e. The molecule has 0 fully saturated rings. The van der Waals surface area contributed by atoms with E-state index >= 15 is 0 Å². The lowest BCUT2D eigenvalue weighted by atomic mass is 10.2. The summed E-state index contributed by atoms with van der Waals surface area (Å²) in [6, 6.07) is 11.3. The number of nitrogens with one attached hydrogen (secondary N) is 2. The first-order valence-electron chi connectivity index (χ1n) is 8.21. The lowest BCUT2D eigenvalue weighted by Gasteiger charge is -2.12. The van der Waals surface area contributed by atoms with Gasteiger partial charge in [-0.25, -0.2) is 13.8 Å². The number of carbonyl (C=O) groups is 1. The van der Waals surface area contributed by atoms with Gasteiger partial charge in [-0.3, -0.25) is 4.79 Å². The summed E-state index contributed by atoms with van der Waals surface area (Å²) in [6.45, 7) is 0. The number of methoxy groups -OCH3 is 2. The van der Waals surface area contributed by atoms with Crippen molar-refractivity contribution in [2.45, 2.75) is 0 Å². The molecule has 0 aliphatic carbocycles. The molecular weight excluding hydrogens is 368 g/mol. The van der Waals surface area contributed by atoms with Crippen LogP contribution in [0.15, 0.2) is 54.7 Å². The fourth-order valence-electron chi connectivity index (χ4n) is 2.43. The average Bonchev–Trinajstić information content (AvgIpc) is 2.71. The van der Waals surface area contributed by atoms with Gasteiger partial charge in [0.2, 0.25) is 0 Å². The Morgan fingerprint density at radius 1 is 0.964 bits per heavy atom. The molecule has 0 spiro atoms. The van der Waals surface area contributed by atoms with Crippen LogP contribution in [-0.2, 0) is 0 Å². The summed E-state index contributed by atoms with van der Waals surface area (Å²) in [4.78, 5) is 16.4. The monoisotopic (exact) mass is 385 g/mol. The van der Waals surface area contributed by atoms with Gasteiger partial charge in [0, 0.05) is 18.3 Å². The second-order valence-corrected chi connectivity index (χ2v) is 5.70. The second-order valence-electron chi connectivity index (χ2n) is 5.70. The average molecular weight is 385 g/mol. The summed E-state index contributed by atoms with van der Waals surface area (Å²) in [5, 5.41) is 5.46. The number of pyridine rings is 1. The number of anilines is 3. The van der Waals surface area contributed by atoms with Gasteiger partial charge in [-0.05, 0) is 36.4 Å². The van der Waals surface area contributed by atoms with E-state index in [1.54, 1.807) is 31.4 Å². The summed E-state index contributed by atoms with van der Waals surface area (Å²) in [6.07, 6.45) is 1.34. The number of ether oxygens (including phenoxy) is 2. The van der Waals surface area contributed by atoms with Crippen LogP contribution in [0.1, 0.15) is 10.4 Å². The number of halogens is 2. The minimum atomic E-state index is -0.855. The van der Waals surface area contributed by atoms with Crippen molar-refractivity contribution in [2.24, 2.45) is 0 Å². The van der Waals surface area contributed by atoms with Crippen LogP contribution in [0.5, 0.6) is 11.5 Å². The van der Waals surface area contributed by atoms with Gasteiger partial charge in [0.05, 0.1) is 31.2 Å². The van der Waals surface area contributed by atoms with Gasteiger partial charge in [-0.15, -0.1) is 0 Å². The Labute approximate surface area is 160 Å². The van der Waals surface area contributed by atoms with Gasteiger partial charge in [0.15, 0.2) is 0 Å². The number of benzene rings is 2. The molecule has 6 nitrogen and oxygen atoms in total.